The summed E-state index contributed by atoms with van der Waals surface area (Å²) in [6, 6.07) is 6.18. The molecule has 24 heavy (non-hydrogen) atoms. The van der Waals surface area contributed by atoms with Crippen molar-refractivity contribution in [1.29, 1.82) is 0 Å². The van der Waals surface area contributed by atoms with Crippen molar-refractivity contribution in [2.45, 2.75) is 51.6 Å². The average molecular weight is 328 g/mol. The number of amides is 2. The number of furan rings is 1. The van der Waals surface area contributed by atoms with E-state index in [2.05, 4.69) is 23.4 Å². The van der Waals surface area contributed by atoms with Crippen LogP contribution < -0.4 is 5.32 Å². The first-order valence-electron chi connectivity index (χ1n) is 8.68. The van der Waals surface area contributed by atoms with E-state index < -0.39 is 0 Å². The summed E-state index contributed by atoms with van der Waals surface area (Å²) < 4.78 is 7.67. The molecule has 0 bridgehead atoms. The molecule has 0 spiro atoms. The van der Waals surface area contributed by atoms with Gasteiger partial charge in [0.1, 0.15) is 17.3 Å². The molecule has 2 saturated carbocycles. The van der Waals surface area contributed by atoms with Gasteiger partial charge in [0.15, 0.2) is 0 Å². The Kier molecular flexibility index (Phi) is 3.62. The maximum absolute atomic E-state index is 12.7. The van der Waals surface area contributed by atoms with Crippen molar-refractivity contribution in [2.75, 3.05) is 5.32 Å². The lowest BCUT2D eigenvalue weighted by Crippen LogP contribution is -2.36. The first-order valence-corrected chi connectivity index (χ1v) is 8.68. The van der Waals surface area contributed by atoms with Gasteiger partial charge in [-0.1, -0.05) is 6.92 Å². The summed E-state index contributed by atoms with van der Waals surface area (Å²) in [4.78, 5) is 14.6. The van der Waals surface area contributed by atoms with Crippen LogP contribution in [-0.2, 0) is 13.6 Å². The maximum Gasteiger partial charge on any atom is 0.323 e. The summed E-state index contributed by atoms with van der Waals surface area (Å²) in [5.41, 5.74) is 0.889. The number of rotatable bonds is 5. The molecule has 6 heteroatoms. The molecule has 1 N–H and O–H groups in total. The van der Waals surface area contributed by atoms with Crippen molar-refractivity contribution in [3.05, 3.63) is 35.4 Å². The molecule has 0 saturated heterocycles. The molecule has 4 rings (SSSR count). The Bertz CT molecular complexity index is 759. The van der Waals surface area contributed by atoms with Gasteiger partial charge in [-0.05, 0) is 44.2 Å². The van der Waals surface area contributed by atoms with Crippen LogP contribution >= 0.6 is 0 Å². The van der Waals surface area contributed by atoms with E-state index in [4.69, 9.17) is 4.42 Å². The van der Waals surface area contributed by atoms with Crippen LogP contribution in [0.25, 0.3) is 0 Å². The zero-order valence-electron chi connectivity index (χ0n) is 14.5. The number of aryl methyl sites for hydroxylation is 2. The van der Waals surface area contributed by atoms with Crippen LogP contribution in [0.2, 0.25) is 0 Å². The SMILES string of the molecule is Cc1cc(NC(=O)N(Cc2ccc(C3CC3C)o2)C2CC2)n(C)n1. The third kappa shape index (κ3) is 3.05. The fraction of sp³-hybridized carbons (Fsp3) is 0.556. The smallest absolute Gasteiger partial charge is 0.323 e. The second-order valence-electron chi connectivity index (χ2n) is 7.21. The Labute approximate surface area is 141 Å². The van der Waals surface area contributed by atoms with Crippen molar-refractivity contribution in [3.63, 3.8) is 0 Å². The molecule has 2 aromatic heterocycles. The van der Waals surface area contributed by atoms with Crippen LogP contribution in [0.3, 0.4) is 0 Å². The van der Waals surface area contributed by atoms with Crippen molar-refractivity contribution in [2.24, 2.45) is 13.0 Å². The van der Waals surface area contributed by atoms with Crippen molar-refractivity contribution in [3.8, 4) is 0 Å². The fourth-order valence-corrected chi connectivity index (χ4v) is 3.23. The molecule has 2 amide bonds. The molecule has 6 nitrogen and oxygen atoms in total. The number of carbonyl (C=O) groups is 1. The summed E-state index contributed by atoms with van der Waals surface area (Å²) in [5.74, 6) is 3.94. The third-order valence-corrected chi connectivity index (χ3v) is 4.97. The number of anilines is 1. The highest BCUT2D eigenvalue weighted by atomic mass is 16.3. The third-order valence-electron chi connectivity index (χ3n) is 4.97. The summed E-state index contributed by atoms with van der Waals surface area (Å²) in [6.45, 7) is 4.68. The molecule has 2 atom stereocenters. The Balaban J connectivity index is 1.45. The molecule has 2 aromatic rings. The van der Waals surface area contributed by atoms with Crippen LogP contribution in [0.1, 0.15) is 49.3 Å². The number of hydrogen-bond donors (Lipinski definition) is 1. The average Bonchev–Trinajstić information content (AvgIpc) is 3.42. The van der Waals surface area contributed by atoms with E-state index in [1.54, 1.807) is 4.68 Å². The predicted octanol–water partition coefficient (Wildman–Crippen LogP) is 3.64. The highest BCUT2D eigenvalue weighted by molar-refractivity contribution is 5.88. The van der Waals surface area contributed by atoms with E-state index in [-0.39, 0.29) is 6.03 Å². The fourth-order valence-electron chi connectivity index (χ4n) is 3.23. The summed E-state index contributed by atoms with van der Waals surface area (Å²) in [5, 5.41) is 7.24. The van der Waals surface area contributed by atoms with E-state index in [9.17, 15) is 4.79 Å². The van der Waals surface area contributed by atoms with E-state index in [0.717, 1.165) is 41.8 Å². The van der Waals surface area contributed by atoms with Crippen LogP contribution in [0.15, 0.2) is 22.6 Å². The van der Waals surface area contributed by atoms with Crippen molar-refractivity contribution < 1.29 is 9.21 Å². The Morgan fingerprint density at radius 1 is 1.46 bits per heavy atom. The van der Waals surface area contributed by atoms with E-state index in [1.807, 2.05) is 31.0 Å². The van der Waals surface area contributed by atoms with Gasteiger partial charge in [-0.15, -0.1) is 0 Å². The molecular weight excluding hydrogens is 304 g/mol. The zero-order valence-corrected chi connectivity index (χ0v) is 14.5. The van der Waals surface area contributed by atoms with Gasteiger partial charge < -0.3 is 9.32 Å². The number of hydrogen-bond acceptors (Lipinski definition) is 3. The van der Waals surface area contributed by atoms with Gasteiger partial charge in [0, 0.05) is 25.1 Å². The number of aromatic nitrogens is 2. The summed E-state index contributed by atoms with van der Waals surface area (Å²) >= 11 is 0. The van der Waals surface area contributed by atoms with Gasteiger partial charge in [0.2, 0.25) is 0 Å². The zero-order chi connectivity index (χ0) is 16.8. The standard InChI is InChI=1S/C18H24N4O2/c1-11-8-15(11)16-7-6-14(24-16)10-22(13-4-5-13)18(23)19-17-9-12(2)20-21(17)3/h6-7,9,11,13,15H,4-5,8,10H2,1-3H3,(H,19,23). The first-order chi connectivity index (χ1) is 11.5. The minimum absolute atomic E-state index is 0.0850. The van der Waals surface area contributed by atoms with E-state index in [1.165, 1.54) is 6.42 Å². The van der Waals surface area contributed by atoms with Crippen LogP contribution in [-0.4, -0.2) is 26.8 Å². The van der Waals surface area contributed by atoms with E-state index >= 15 is 0 Å². The number of carbonyl (C=O) groups excluding carboxylic acids is 1. The second-order valence-corrected chi connectivity index (χ2v) is 7.21. The lowest BCUT2D eigenvalue weighted by Gasteiger charge is -2.21. The molecule has 2 unspecified atom stereocenters. The van der Waals surface area contributed by atoms with Crippen LogP contribution in [0, 0.1) is 12.8 Å². The number of urea groups is 1. The van der Waals surface area contributed by atoms with Gasteiger partial charge in [0.25, 0.3) is 0 Å². The predicted molar refractivity (Wildman–Crippen MR) is 90.8 cm³/mol. The minimum atomic E-state index is -0.0850. The summed E-state index contributed by atoms with van der Waals surface area (Å²) in [6.07, 6.45) is 3.33. The molecule has 0 aliphatic heterocycles. The molecule has 2 fully saturated rings. The van der Waals surface area contributed by atoms with Crippen molar-refractivity contribution in [1.82, 2.24) is 14.7 Å². The molecule has 2 aliphatic carbocycles. The number of nitrogens with zero attached hydrogens (tertiary/aromatic N) is 3. The molecular formula is C18H24N4O2. The normalized spacial score (nSPS) is 22.5. The van der Waals surface area contributed by atoms with Gasteiger partial charge in [0.05, 0.1) is 12.2 Å². The lowest BCUT2D eigenvalue weighted by molar-refractivity contribution is 0.200. The quantitative estimate of drug-likeness (QED) is 0.911. The first kappa shape index (κ1) is 15.3. The topological polar surface area (TPSA) is 63.3 Å². The highest BCUT2D eigenvalue weighted by Gasteiger charge is 2.37. The lowest BCUT2D eigenvalue weighted by atomic mass is 10.3. The Morgan fingerprint density at radius 2 is 2.21 bits per heavy atom. The second kappa shape index (κ2) is 5.69. The molecule has 2 aliphatic rings. The molecule has 2 heterocycles. The maximum atomic E-state index is 12.7. The Hall–Kier alpha value is -2.24. The van der Waals surface area contributed by atoms with Gasteiger partial charge in [-0.25, -0.2) is 4.79 Å². The van der Waals surface area contributed by atoms with Crippen LogP contribution in [0.4, 0.5) is 10.6 Å². The van der Waals surface area contributed by atoms with Gasteiger partial charge in [-0.2, -0.15) is 5.10 Å². The monoisotopic (exact) mass is 328 g/mol. The van der Waals surface area contributed by atoms with Crippen molar-refractivity contribution >= 4 is 11.8 Å². The van der Waals surface area contributed by atoms with E-state index in [0.29, 0.717) is 18.5 Å². The molecule has 0 aromatic carbocycles. The molecule has 0 radical (unpaired) electrons. The van der Waals surface area contributed by atoms with Gasteiger partial charge in [-0.3, -0.25) is 10.00 Å². The number of nitrogens with one attached hydrogen (secondary N) is 1. The highest BCUT2D eigenvalue weighted by Crippen LogP contribution is 2.47. The Morgan fingerprint density at radius 3 is 2.79 bits per heavy atom. The van der Waals surface area contributed by atoms with Gasteiger partial charge >= 0.3 is 6.03 Å². The van der Waals surface area contributed by atoms with Crippen LogP contribution in [0.5, 0.6) is 0 Å². The summed E-state index contributed by atoms with van der Waals surface area (Å²) in [7, 11) is 1.83. The minimum Gasteiger partial charge on any atom is -0.464 e. The molecule has 128 valence electrons. The largest absolute Gasteiger partial charge is 0.464 e.